The van der Waals surface area contributed by atoms with Crippen molar-refractivity contribution in [2.24, 2.45) is 0 Å². The van der Waals surface area contributed by atoms with E-state index in [1.54, 1.807) is 0 Å². The number of thiol groups is 1. The van der Waals surface area contributed by atoms with Gasteiger partial charge in [0, 0.05) is 0 Å². The van der Waals surface area contributed by atoms with Crippen LogP contribution in [0.2, 0.25) is 0 Å². The molecule has 0 aromatic heterocycles. The van der Waals surface area contributed by atoms with Crippen LogP contribution in [-0.2, 0) is 0 Å². The maximum Gasteiger partial charge on any atom is 0.173 e. The van der Waals surface area contributed by atoms with Gasteiger partial charge >= 0.3 is 0 Å². The molecule has 0 heterocycles. The van der Waals surface area contributed by atoms with E-state index in [0.29, 0.717) is 6.42 Å². The summed E-state index contributed by atoms with van der Waals surface area (Å²) in [4.78, 5) is 0. The molecule has 1 nitrogen and oxygen atoms in total. The first-order valence-corrected chi connectivity index (χ1v) is 2.77. The monoisotopic (exact) mass is 135 g/mol. The van der Waals surface area contributed by atoms with Crippen molar-refractivity contribution < 1.29 is 0 Å². The zero-order valence-electron chi connectivity index (χ0n) is 3.98. The van der Waals surface area contributed by atoms with Gasteiger partial charge in [-0.1, -0.05) is 18.5 Å². The average Bonchev–Trinajstić information content (AvgIpc) is 1.68. The molecular weight excluding hydrogens is 130 g/mol. The number of alkyl halides is 1. The number of halogens is 1. The predicted molar refractivity (Wildman–Crippen MR) is 33.5 cm³/mol. The van der Waals surface area contributed by atoms with Crippen molar-refractivity contribution in [1.82, 2.24) is 0 Å². The van der Waals surface area contributed by atoms with E-state index in [-0.39, 0.29) is 0 Å². The first kappa shape index (κ1) is 7.13. The van der Waals surface area contributed by atoms with Crippen molar-refractivity contribution in [3.05, 3.63) is 0 Å². The third-order valence-corrected chi connectivity index (χ3v) is 1.41. The van der Waals surface area contributed by atoms with Crippen molar-refractivity contribution in [2.45, 2.75) is 17.6 Å². The second-order valence-electron chi connectivity index (χ2n) is 1.22. The highest BCUT2D eigenvalue weighted by molar-refractivity contribution is 7.83. The van der Waals surface area contributed by atoms with Crippen LogP contribution in [0.15, 0.2) is 0 Å². The molecule has 0 rings (SSSR count). The maximum absolute atomic E-state index is 8.14. The summed E-state index contributed by atoms with van der Waals surface area (Å²) in [5, 5.41) is 8.14. The molecule has 0 saturated carbocycles. The van der Waals surface area contributed by atoms with Crippen LogP contribution < -0.4 is 0 Å². The molecule has 0 aromatic carbocycles. The van der Waals surface area contributed by atoms with Crippen LogP contribution in [0.5, 0.6) is 0 Å². The van der Waals surface area contributed by atoms with Crippen LogP contribution in [0.1, 0.15) is 13.3 Å². The van der Waals surface area contributed by atoms with E-state index in [1.165, 1.54) is 0 Å². The van der Waals surface area contributed by atoms with E-state index in [4.69, 9.17) is 16.9 Å². The van der Waals surface area contributed by atoms with Gasteiger partial charge in [0.2, 0.25) is 0 Å². The predicted octanol–water partition coefficient (Wildman–Crippen LogP) is 1.78. The van der Waals surface area contributed by atoms with Gasteiger partial charge in [-0.3, -0.25) is 0 Å². The Hall–Kier alpha value is 0.130. The van der Waals surface area contributed by atoms with Gasteiger partial charge in [0.15, 0.2) is 4.21 Å². The topological polar surface area (TPSA) is 23.8 Å². The molecule has 1 atom stereocenters. The minimum absolute atomic E-state index is 0.564. The van der Waals surface area contributed by atoms with Gasteiger partial charge in [0.25, 0.3) is 0 Å². The molecule has 0 aliphatic heterocycles. The maximum atomic E-state index is 8.14. The van der Waals surface area contributed by atoms with Crippen LogP contribution in [0.3, 0.4) is 0 Å². The molecule has 0 bridgehead atoms. The standard InChI is InChI=1S/C4H6ClNS/c1-2-4(5,7)3-6/h7H,2H2,1H3. The molecular formula is C4H6ClNS. The van der Waals surface area contributed by atoms with Crippen molar-refractivity contribution in [3.8, 4) is 6.07 Å². The Morgan fingerprint density at radius 1 is 2.00 bits per heavy atom. The van der Waals surface area contributed by atoms with Crippen molar-refractivity contribution in [1.29, 1.82) is 5.26 Å². The first-order chi connectivity index (χ1) is 3.12. The number of rotatable bonds is 1. The highest BCUT2D eigenvalue weighted by atomic mass is 35.5. The Morgan fingerprint density at radius 3 is 2.43 bits per heavy atom. The Balaban J connectivity index is 3.66. The molecule has 0 radical (unpaired) electrons. The van der Waals surface area contributed by atoms with Crippen molar-refractivity contribution >= 4 is 24.2 Å². The van der Waals surface area contributed by atoms with Gasteiger partial charge in [-0.25, -0.2) is 0 Å². The molecule has 0 amide bonds. The van der Waals surface area contributed by atoms with E-state index in [0.717, 1.165) is 0 Å². The summed E-state index contributed by atoms with van der Waals surface area (Å²) in [7, 11) is 0. The van der Waals surface area contributed by atoms with Gasteiger partial charge < -0.3 is 0 Å². The molecule has 0 aromatic rings. The lowest BCUT2D eigenvalue weighted by atomic mass is 10.3. The summed E-state index contributed by atoms with van der Waals surface area (Å²) in [5.74, 6) is 0. The normalized spacial score (nSPS) is 17.4. The summed E-state index contributed by atoms with van der Waals surface area (Å²) in [5.41, 5.74) is 0. The van der Waals surface area contributed by atoms with Gasteiger partial charge in [0.05, 0.1) is 6.07 Å². The second kappa shape index (κ2) is 2.44. The Bertz CT molecular complexity index is 94.4. The number of hydrogen-bond donors (Lipinski definition) is 1. The van der Waals surface area contributed by atoms with Gasteiger partial charge in [-0.2, -0.15) is 5.26 Å². The Labute approximate surface area is 53.7 Å². The molecule has 0 aliphatic rings. The SMILES string of the molecule is CCC(S)(Cl)C#N. The zero-order chi connectivity index (χ0) is 5.91. The molecule has 0 spiro atoms. The molecule has 7 heavy (non-hydrogen) atoms. The van der Waals surface area contributed by atoms with Gasteiger partial charge in [-0.15, -0.1) is 12.6 Å². The molecule has 3 heteroatoms. The van der Waals surface area contributed by atoms with Crippen LogP contribution in [0, 0.1) is 11.3 Å². The molecule has 40 valence electrons. The largest absolute Gasteiger partial charge is 0.195 e. The highest BCUT2D eigenvalue weighted by Crippen LogP contribution is 2.21. The third-order valence-electron chi connectivity index (χ3n) is 0.640. The highest BCUT2D eigenvalue weighted by Gasteiger charge is 2.16. The Morgan fingerprint density at radius 2 is 2.43 bits per heavy atom. The first-order valence-electron chi connectivity index (χ1n) is 1.95. The minimum atomic E-state index is -0.944. The summed E-state index contributed by atoms with van der Waals surface area (Å²) in [6.07, 6.45) is 0.564. The molecule has 0 aliphatic carbocycles. The van der Waals surface area contributed by atoms with Gasteiger partial charge in [0.1, 0.15) is 0 Å². The number of nitrogens with zero attached hydrogens (tertiary/aromatic N) is 1. The van der Waals surface area contributed by atoms with E-state index < -0.39 is 4.21 Å². The minimum Gasteiger partial charge on any atom is -0.195 e. The quantitative estimate of drug-likeness (QED) is 0.430. The lowest BCUT2D eigenvalue weighted by Crippen LogP contribution is -2.05. The van der Waals surface area contributed by atoms with Crippen molar-refractivity contribution in [2.75, 3.05) is 0 Å². The van der Waals surface area contributed by atoms with Gasteiger partial charge in [-0.05, 0) is 6.42 Å². The zero-order valence-corrected chi connectivity index (χ0v) is 5.63. The van der Waals surface area contributed by atoms with E-state index in [2.05, 4.69) is 12.6 Å². The summed E-state index contributed by atoms with van der Waals surface area (Å²) < 4.78 is -0.944. The average molecular weight is 136 g/mol. The molecule has 1 unspecified atom stereocenters. The van der Waals surface area contributed by atoms with Crippen LogP contribution in [-0.4, -0.2) is 4.21 Å². The van der Waals surface area contributed by atoms with E-state index >= 15 is 0 Å². The second-order valence-corrected chi connectivity index (χ2v) is 2.90. The fraction of sp³-hybridized carbons (Fsp3) is 0.750. The van der Waals surface area contributed by atoms with E-state index in [1.807, 2.05) is 13.0 Å². The van der Waals surface area contributed by atoms with Crippen LogP contribution in [0.4, 0.5) is 0 Å². The third kappa shape index (κ3) is 2.78. The fourth-order valence-electron chi connectivity index (χ4n) is 0.0791. The lowest BCUT2D eigenvalue weighted by Gasteiger charge is -2.04. The van der Waals surface area contributed by atoms with Crippen LogP contribution in [0.25, 0.3) is 0 Å². The Kier molecular flexibility index (Phi) is 2.49. The number of hydrogen-bond acceptors (Lipinski definition) is 2. The summed E-state index contributed by atoms with van der Waals surface area (Å²) in [6.45, 7) is 1.81. The number of nitriles is 1. The van der Waals surface area contributed by atoms with Crippen LogP contribution >= 0.6 is 24.2 Å². The summed E-state index contributed by atoms with van der Waals surface area (Å²) >= 11 is 9.20. The smallest absolute Gasteiger partial charge is 0.173 e. The molecule has 0 saturated heterocycles. The van der Waals surface area contributed by atoms with Crippen molar-refractivity contribution in [3.63, 3.8) is 0 Å². The summed E-state index contributed by atoms with van der Waals surface area (Å²) in [6, 6.07) is 1.82. The molecule has 0 N–H and O–H groups in total. The fourth-order valence-corrected chi connectivity index (χ4v) is 0.0791. The lowest BCUT2D eigenvalue weighted by molar-refractivity contribution is 0.926. The van der Waals surface area contributed by atoms with E-state index in [9.17, 15) is 0 Å². The molecule has 0 fully saturated rings.